The van der Waals surface area contributed by atoms with Crippen molar-refractivity contribution in [1.82, 2.24) is 4.98 Å². The first-order chi connectivity index (χ1) is 10.3. The molecule has 1 heterocycles. The first-order valence-corrected chi connectivity index (χ1v) is 8.00. The molecule has 116 valence electrons. The molecule has 1 aromatic heterocycles. The summed E-state index contributed by atoms with van der Waals surface area (Å²) in [6.07, 6.45) is 2.48. The number of benzene rings is 1. The zero-order valence-corrected chi connectivity index (χ0v) is 12.3. The number of sulfone groups is 1. The highest BCUT2D eigenvalue weighted by atomic mass is 32.2. The number of nitrogens with one attached hydrogen (secondary N) is 1. The number of pyridine rings is 1. The molecular formula is C13H12FN3O4S. The summed E-state index contributed by atoms with van der Waals surface area (Å²) >= 11 is 0. The van der Waals surface area contributed by atoms with Crippen molar-refractivity contribution in [3.63, 3.8) is 0 Å². The van der Waals surface area contributed by atoms with Gasteiger partial charge in [-0.3, -0.25) is 15.1 Å². The van der Waals surface area contributed by atoms with Crippen molar-refractivity contribution in [3.8, 4) is 0 Å². The van der Waals surface area contributed by atoms with E-state index in [0.717, 1.165) is 18.4 Å². The molecule has 0 atom stereocenters. The largest absolute Gasteiger partial charge is 0.377 e. The second-order valence-corrected chi connectivity index (χ2v) is 6.48. The van der Waals surface area contributed by atoms with Crippen LogP contribution in [0.5, 0.6) is 0 Å². The number of rotatable bonds is 5. The summed E-state index contributed by atoms with van der Waals surface area (Å²) in [7, 11) is -3.45. The Kier molecular flexibility index (Phi) is 4.36. The van der Waals surface area contributed by atoms with Crippen LogP contribution in [0.1, 0.15) is 5.69 Å². The summed E-state index contributed by atoms with van der Waals surface area (Å²) in [5.74, 6) is -0.800. The maximum absolute atomic E-state index is 13.7. The van der Waals surface area contributed by atoms with Gasteiger partial charge in [0.2, 0.25) is 0 Å². The normalized spacial score (nSPS) is 11.2. The molecule has 2 aromatic rings. The molecule has 22 heavy (non-hydrogen) atoms. The van der Waals surface area contributed by atoms with Gasteiger partial charge in [0.1, 0.15) is 0 Å². The van der Waals surface area contributed by atoms with Gasteiger partial charge in [-0.15, -0.1) is 0 Å². The topological polar surface area (TPSA) is 102 Å². The van der Waals surface area contributed by atoms with E-state index in [1.165, 1.54) is 24.4 Å². The van der Waals surface area contributed by atoms with Crippen molar-refractivity contribution < 1.29 is 17.7 Å². The lowest BCUT2D eigenvalue weighted by Gasteiger charge is -2.10. The van der Waals surface area contributed by atoms with E-state index in [0.29, 0.717) is 0 Å². The van der Waals surface area contributed by atoms with Crippen LogP contribution in [0.4, 0.5) is 15.8 Å². The van der Waals surface area contributed by atoms with Crippen LogP contribution in [-0.2, 0) is 16.4 Å². The summed E-state index contributed by atoms with van der Waals surface area (Å²) in [4.78, 5) is 13.8. The quantitative estimate of drug-likeness (QED) is 0.667. The number of nitro benzene ring substituents is 1. The number of aromatic nitrogens is 1. The van der Waals surface area contributed by atoms with Crippen molar-refractivity contribution in [3.05, 3.63) is 58.2 Å². The van der Waals surface area contributed by atoms with Crippen LogP contribution in [0.25, 0.3) is 0 Å². The molecule has 0 saturated carbocycles. The van der Waals surface area contributed by atoms with Crippen LogP contribution in [0.2, 0.25) is 0 Å². The Hall–Kier alpha value is -2.55. The van der Waals surface area contributed by atoms with Gasteiger partial charge in [0.05, 0.1) is 33.8 Å². The Bertz CT molecular complexity index is 824. The predicted molar refractivity (Wildman–Crippen MR) is 77.7 cm³/mol. The van der Waals surface area contributed by atoms with Gasteiger partial charge in [0, 0.05) is 18.5 Å². The van der Waals surface area contributed by atoms with E-state index < -0.39 is 20.6 Å². The fourth-order valence-electron chi connectivity index (χ4n) is 1.83. The minimum absolute atomic E-state index is 0.0238. The van der Waals surface area contributed by atoms with Gasteiger partial charge < -0.3 is 5.32 Å². The average molecular weight is 325 g/mol. The maximum atomic E-state index is 13.7. The third kappa shape index (κ3) is 3.55. The van der Waals surface area contributed by atoms with Crippen molar-refractivity contribution >= 4 is 21.2 Å². The molecule has 0 spiro atoms. The molecule has 1 aromatic carbocycles. The van der Waals surface area contributed by atoms with Gasteiger partial charge in [0.25, 0.3) is 5.69 Å². The summed E-state index contributed by atoms with van der Waals surface area (Å²) in [6, 6.07) is 6.06. The second-order valence-electron chi connectivity index (χ2n) is 4.50. The van der Waals surface area contributed by atoms with Gasteiger partial charge in [-0.25, -0.2) is 12.8 Å². The number of hydrogen-bond donors (Lipinski definition) is 1. The predicted octanol–water partition coefficient (Wildman–Crippen LogP) is 2.14. The first kappa shape index (κ1) is 15.8. The smallest absolute Gasteiger partial charge is 0.272 e. The first-order valence-electron chi connectivity index (χ1n) is 6.11. The lowest BCUT2D eigenvalue weighted by molar-refractivity contribution is -0.385. The Morgan fingerprint density at radius 1 is 1.36 bits per heavy atom. The molecule has 9 heteroatoms. The van der Waals surface area contributed by atoms with Crippen LogP contribution >= 0.6 is 0 Å². The zero-order chi connectivity index (χ0) is 16.3. The van der Waals surface area contributed by atoms with Gasteiger partial charge >= 0.3 is 0 Å². The highest BCUT2D eigenvalue weighted by molar-refractivity contribution is 7.90. The number of hydrogen-bond acceptors (Lipinski definition) is 6. The number of anilines is 1. The van der Waals surface area contributed by atoms with E-state index >= 15 is 0 Å². The van der Waals surface area contributed by atoms with E-state index in [2.05, 4.69) is 10.3 Å². The van der Waals surface area contributed by atoms with E-state index in [1.54, 1.807) is 0 Å². The van der Waals surface area contributed by atoms with E-state index in [9.17, 15) is 22.9 Å². The zero-order valence-electron chi connectivity index (χ0n) is 11.5. The summed E-state index contributed by atoms with van der Waals surface area (Å²) in [5.41, 5.74) is -0.101. The van der Waals surface area contributed by atoms with E-state index in [-0.39, 0.29) is 28.5 Å². The third-order valence-corrected chi connectivity index (χ3v) is 4.03. The minimum atomic E-state index is -3.45. The van der Waals surface area contributed by atoms with Gasteiger partial charge in [-0.05, 0) is 18.2 Å². The van der Waals surface area contributed by atoms with E-state index in [1.807, 2.05) is 0 Å². The molecule has 0 fully saturated rings. The molecule has 0 aliphatic carbocycles. The molecule has 0 unspecified atom stereocenters. The van der Waals surface area contributed by atoms with Crippen LogP contribution in [0.15, 0.2) is 41.4 Å². The lowest BCUT2D eigenvalue weighted by Crippen LogP contribution is -2.09. The van der Waals surface area contributed by atoms with Gasteiger partial charge in [-0.1, -0.05) is 0 Å². The van der Waals surface area contributed by atoms with Crippen molar-refractivity contribution in [2.75, 3.05) is 11.6 Å². The minimum Gasteiger partial charge on any atom is -0.377 e. The number of halogens is 1. The lowest BCUT2D eigenvalue weighted by atomic mass is 10.2. The molecular weight excluding hydrogens is 313 g/mol. The molecule has 1 N–H and O–H groups in total. The fraction of sp³-hybridized carbons (Fsp3) is 0.154. The number of non-ortho nitro benzene ring substituents is 1. The standard InChI is InChI=1S/C13H12FN3O4S/c1-22(20,21)13-3-2-6-15-12(13)8-16-11-5-4-9(17(18)19)7-10(11)14/h2-7,16H,8H2,1H3. The monoisotopic (exact) mass is 325 g/mol. The molecule has 7 nitrogen and oxygen atoms in total. The average Bonchev–Trinajstić information content (AvgIpc) is 2.45. The molecule has 0 saturated heterocycles. The molecule has 0 bridgehead atoms. The van der Waals surface area contributed by atoms with Crippen LogP contribution in [0.3, 0.4) is 0 Å². The highest BCUT2D eigenvalue weighted by Crippen LogP contribution is 2.21. The van der Waals surface area contributed by atoms with Gasteiger partial charge in [-0.2, -0.15) is 0 Å². The number of nitrogens with zero attached hydrogens (tertiary/aromatic N) is 2. The molecule has 2 rings (SSSR count). The molecule has 0 radical (unpaired) electrons. The number of nitro groups is 1. The Labute approximate surface area is 125 Å². The van der Waals surface area contributed by atoms with Crippen molar-refractivity contribution in [2.24, 2.45) is 0 Å². The van der Waals surface area contributed by atoms with Crippen LogP contribution in [-0.4, -0.2) is 24.6 Å². The highest BCUT2D eigenvalue weighted by Gasteiger charge is 2.15. The second kappa shape index (κ2) is 6.06. The summed E-state index contributed by atoms with van der Waals surface area (Å²) < 4.78 is 37.0. The molecule has 0 aliphatic rings. The maximum Gasteiger partial charge on any atom is 0.272 e. The van der Waals surface area contributed by atoms with Crippen molar-refractivity contribution in [1.29, 1.82) is 0 Å². The molecule has 0 amide bonds. The summed E-state index contributed by atoms with van der Waals surface area (Å²) in [6.45, 7) is -0.0298. The Morgan fingerprint density at radius 3 is 2.68 bits per heavy atom. The van der Waals surface area contributed by atoms with E-state index in [4.69, 9.17) is 0 Å². The fourth-order valence-corrected chi connectivity index (χ4v) is 2.71. The van der Waals surface area contributed by atoms with Gasteiger partial charge in [0.15, 0.2) is 15.7 Å². The Balaban J connectivity index is 2.23. The molecule has 0 aliphatic heterocycles. The summed E-state index contributed by atoms with van der Waals surface area (Å²) in [5, 5.41) is 13.2. The third-order valence-electron chi connectivity index (χ3n) is 2.86. The van der Waals surface area contributed by atoms with Crippen molar-refractivity contribution in [2.45, 2.75) is 11.4 Å². The SMILES string of the molecule is CS(=O)(=O)c1cccnc1CNc1ccc([N+](=O)[O-])cc1F. The Morgan fingerprint density at radius 2 is 2.09 bits per heavy atom. The van der Waals surface area contributed by atoms with Crippen LogP contribution in [0, 0.1) is 15.9 Å². The van der Waals surface area contributed by atoms with Crippen LogP contribution < -0.4 is 5.32 Å².